The van der Waals surface area contributed by atoms with E-state index in [9.17, 15) is 9.90 Å². The van der Waals surface area contributed by atoms with Gasteiger partial charge in [-0.2, -0.15) is 0 Å². The molecule has 0 rings (SSSR count). The van der Waals surface area contributed by atoms with E-state index in [0.717, 1.165) is 12.8 Å². The van der Waals surface area contributed by atoms with Crippen molar-refractivity contribution >= 4 is 5.97 Å². The summed E-state index contributed by atoms with van der Waals surface area (Å²) in [5.41, 5.74) is -0.823. The van der Waals surface area contributed by atoms with Crippen LogP contribution in [0.5, 0.6) is 0 Å². The van der Waals surface area contributed by atoms with Crippen molar-refractivity contribution in [2.45, 2.75) is 112 Å². The zero-order valence-electron chi connectivity index (χ0n) is 17.0. The summed E-state index contributed by atoms with van der Waals surface area (Å²) in [5.74, 6) is -0.690. The number of carboxylic acid groups (broad SMARTS) is 1. The lowest BCUT2D eigenvalue weighted by Gasteiger charge is -2.38. The largest absolute Gasteiger partial charge is 0.481 e. The third-order valence-corrected chi connectivity index (χ3v) is 5.79. The molecule has 0 aromatic heterocycles. The van der Waals surface area contributed by atoms with Gasteiger partial charge in [-0.25, -0.2) is 0 Å². The first kappa shape index (κ1) is 23.2. The Hall–Kier alpha value is -0.790. The Morgan fingerprint density at radius 1 is 0.792 bits per heavy atom. The van der Waals surface area contributed by atoms with Gasteiger partial charge in [-0.3, -0.25) is 4.79 Å². The van der Waals surface area contributed by atoms with E-state index in [4.69, 9.17) is 0 Å². The van der Waals surface area contributed by atoms with Crippen molar-refractivity contribution in [2.24, 2.45) is 10.8 Å². The number of hydrogen-bond donors (Lipinski definition) is 1. The predicted octanol–water partition coefficient (Wildman–Crippen LogP) is 7.38. The van der Waals surface area contributed by atoms with E-state index in [1.807, 2.05) is 13.8 Å². The first-order valence-electron chi connectivity index (χ1n) is 10.1. The van der Waals surface area contributed by atoms with Gasteiger partial charge in [0.1, 0.15) is 0 Å². The summed E-state index contributed by atoms with van der Waals surface area (Å²) in [6.07, 6.45) is 19.8. The summed E-state index contributed by atoms with van der Waals surface area (Å²) in [7, 11) is 0. The van der Waals surface area contributed by atoms with Crippen molar-refractivity contribution in [1.29, 1.82) is 0 Å². The quantitative estimate of drug-likeness (QED) is 0.250. The number of unbranched alkanes of at least 4 members (excludes halogenated alkanes) is 9. The summed E-state index contributed by atoms with van der Waals surface area (Å²) in [6, 6.07) is 0. The third-order valence-electron chi connectivity index (χ3n) is 5.79. The van der Waals surface area contributed by atoms with Gasteiger partial charge in [0.2, 0.25) is 0 Å². The number of aliphatic carboxylic acids is 1. The maximum Gasteiger partial charge on any atom is 0.309 e. The Kier molecular flexibility index (Phi) is 12.1. The minimum Gasteiger partial charge on any atom is -0.481 e. The van der Waals surface area contributed by atoms with Crippen LogP contribution in [0.4, 0.5) is 0 Å². The number of allylic oxidation sites excluding steroid dienone is 2. The Morgan fingerprint density at radius 2 is 1.25 bits per heavy atom. The van der Waals surface area contributed by atoms with Crippen molar-refractivity contribution in [3.05, 3.63) is 12.2 Å². The van der Waals surface area contributed by atoms with Crippen molar-refractivity contribution in [1.82, 2.24) is 0 Å². The molecule has 0 spiro atoms. The SMILES string of the molecule is CCCCCCCCC=CCCCCCC(C)(C)C(C)(C)C(=O)O. The minimum absolute atomic E-state index is 0.160. The highest BCUT2D eigenvalue weighted by Crippen LogP contribution is 2.42. The molecule has 2 heteroatoms. The number of carboxylic acids is 1. The molecule has 0 aliphatic rings. The number of rotatable bonds is 15. The second-order valence-electron chi connectivity index (χ2n) is 8.44. The Balaban J connectivity index is 3.63. The van der Waals surface area contributed by atoms with Crippen LogP contribution in [0.3, 0.4) is 0 Å². The van der Waals surface area contributed by atoms with E-state index in [2.05, 4.69) is 32.9 Å². The molecule has 0 aromatic carbocycles. The summed E-state index contributed by atoms with van der Waals surface area (Å²) >= 11 is 0. The van der Waals surface area contributed by atoms with Gasteiger partial charge in [-0.15, -0.1) is 0 Å². The number of hydrogen-bond acceptors (Lipinski definition) is 1. The van der Waals surface area contributed by atoms with E-state index in [1.165, 1.54) is 64.2 Å². The molecule has 0 aromatic rings. The van der Waals surface area contributed by atoms with Gasteiger partial charge in [0, 0.05) is 0 Å². The van der Waals surface area contributed by atoms with Crippen LogP contribution in [0.2, 0.25) is 0 Å². The Morgan fingerprint density at radius 3 is 1.75 bits per heavy atom. The van der Waals surface area contributed by atoms with E-state index in [1.54, 1.807) is 0 Å². The molecule has 0 bridgehead atoms. The van der Waals surface area contributed by atoms with Gasteiger partial charge >= 0.3 is 5.97 Å². The highest BCUT2D eigenvalue weighted by Gasteiger charge is 2.42. The van der Waals surface area contributed by atoms with E-state index >= 15 is 0 Å². The van der Waals surface area contributed by atoms with Crippen LogP contribution in [0.1, 0.15) is 112 Å². The fourth-order valence-electron chi connectivity index (χ4n) is 2.89. The molecular formula is C22H42O2. The molecule has 0 radical (unpaired) electrons. The van der Waals surface area contributed by atoms with Crippen molar-refractivity contribution in [2.75, 3.05) is 0 Å². The van der Waals surface area contributed by atoms with E-state index in [-0.39, 0.29) is 5.41 Å². The Bertz CT molecular complexity index is 353. The fourth-order valence-corrected chi connectivity index (χ4v) is 2.89. The Labute approximate surface area is 151 Å². The maximum atomic E-state index is 11.4. The molecular weight excluding hydrogens is 296 g/mol. The second kappa shape index (κ2) is 12.6. The lowest BCUT2D eigenvalue weighted by Crippen LogP contribution is -2.39. The van der Waals surface area contributed by atoms with E-state index in [0.29, 0.717) is 0 Å². The first-order chi connectivity index (χ1) is 11.3. The first-order valence-corrected chi connectivity index (χ1v) is 10.1. The van der Waals surface area contributed by atoms with Crippen LogP contribution in [0.25, 0.3) is 0 Å². The van der Waals surface area contributed by atoms with Crippen LogP contribution < -0.4 is 0 Å². The normalized spacial score (nSPS) is 12.9. The third kappa shape index (κ3) is 9.49. The average Bonchev–Trinajstić information content (AvgIpc) is 2.51. The lowest BCUT2D eigenvalue weighted by atomic mass is 9.65. The van der Waals surface area contributed by atoms with Crippen molar-refractivity contribution in [3.63, 3.8) is 0 Å². The minimum atomic E-state index is -0.690. The standard InChI is InChI=1S/C22H42O2/c1-6-7-8-9-10-11-12-13-14-15-16-17-18-19-21(2,3)22(4,5)20(23)24/h13-14H,6-12,15-19H2,1-5H3,(H,23,24). The average molecular weight is 339 g/mol. The zero-order valence-corrected chi connectivity index (χ0v) is 17.0. The predicted molar refractivity (Wildman–Crippen MR) is 105 cm³/mol. The molecule has 0 amide bonds. The molecule has 0 aliphatic carbocycles. The van der Waals surface area contributed by atoms with Gasteiger partial charge in [-0.05, 0) is 51.4 Å². The van der Waals surface area contributed by atoms with Crippen LogP contribution in [-0.2, 0) is 4.79 Å². The fraction of sp³-hybridized carbons (Fsp3) is 0.864. The zero-order chi connectivity index (χ0) is 18.5. The molecule has 0 heterocycles. The molecule has 0 aliphatic heterocycles. The second-order valence-corrected chi connectivity index (χ2v) is 8.44. The summed E-state index contributed by atoms with van der Waals surface area (Å²) < 4.78 is 0. The lowest BCUT2D eigenvalue weighted by molar-refractivity contribution is -0.154. The number of carbonyl (C=O) groups is 1. The highest BCUT2D eigenvalue weighted by molar-refractivity contribution is 5.74. The van der Waals surface area contributed by atoms with E-state index < -0.39 is 11.4 Å². The van der Waals surface area contributed by atoms with Gasteiger partial charge in [-0.1, -0.05) is 77.9 Å². The molecule has 0 saturated carbocycles. The molecule has 0 atom stereocenters. The molecule has 2 nitrogen and oxygen atoms in total. The van der Waals surface area contributed by atoms with Gasteiger partial charge in [0.25, 0.3) is 0 Å². The summed E-state index contributed by atoms with van der Waals surface area (Å²) in [5, 5.41) is 9.37. The van der Waals surface area contributed by atoms with Gasteiger partial charge in [0.15, 0.2) is 0 Å². The molecule has 1 N–H and O–H groups in total. The van der Waals surface area contributed by atoms with Crippen LogP contribution in [0, 0.1) is 10.8 Å². The monoisotopic (exact) mass is 338 g/mol. The van der Waals surface area contributed by atoms with Crippen molar-refractivity contribution < 1.29 is 9.90 Å². The summed E-state index contributed by atoms with van der Waals surface area (Å²) in [6.45, 7) is 10.1. The van der Waals surface area contributed by atoms with Crippen LogP contribution in [0.15, 0.2) is 12.2 Å². The molecule has 0 saturated heterocycles. The molecule has 0 unspecified atom stereocenters. The molecule has 142 valence electrons. The highest BCUT2D eigenvalue weighted by atomic mass is 16.4. The summed E-state index contributed by atoms with van der Waals surface area (Å²) in [4.78, 5) is 11.4. The van der Waals surface area contributed by atoms with Crippen molar-refractivity contribution in [3.8, 4) is 0 Å². The molecule has 24 heavy (non-hydrogen) atoms. The van der Waals surface area contributed by atoms with Gasteiger partial charge < -0.3 is 5.11 Å². The smallest absolute Gasteiger partial charge is 0.309 e. The molecule has 0 fully saturated rings. The topological polar surface area (TPSA) is 37.3 Å². The van der Waals surface area contributed by atoms with Gasteiger partial charge in [0.05, 0.1) is 5.41 Å². The van der Waals surface area contributed by atoms with Crippen LogP contribution >= 0.6 is 0 Å². The maximum absolute atomic E-state index is 11.4. The van der Waals surface area contributed by atoms with Crippen LogP contribution in [-0.4, -0.2) is 11.1 Å².